The van der Waals surface area contributed by atoms with Gasteiger partial charge in [0.2, 0.25) is 0 Å². The van der Waals surface area contributed by atoms with Crippen LogP contribution in [0.15, 0.2) is 65.8 Å². The molecule has 7 rings (SSSR count). The Hall–Kier alpha value is -1.90. The summed E-state index contributed by atoms with van der Waals surface area (Å²) in [5.41, 5.74) is 11.1. The summed E-state index contributed by atoms with van der Waals surface area (Å²) in [6.07, 6.45) is 14.4. The maximum atomic E-state index is 7.27. The van der Waals surface area contributed by atoms with Crippen molar-refractivity contribution in [3.05, 3.63) is 71.3 Å². The number of fused-ring (bicyclic) bond motifs is 2. The van der Waals surface area contributed by atoms with Crippen LogP contribution in [0.5, 0.6) is 0 Å². The molecule has 0 radical (unpaired) electrons. The van der Waals surface area contributed by atoms with Gasteiger partial charge < -0.3 is 10.5 Å². The lowest BCUT2D eigenvalue weighted by Gasteiger charge is -2.54. The van der Waals surface area contributed by atoms with Crippen LogP contribution in [0, 0.1) is 11.3 Å². The molecule has 3 fully saturated rings. The molecule has 6 atom stereocenters. The van der Waals surface area contributed by atoms with E-state index in [1.54, 1.807) is 5.57 Å². The molecular formula is C29H33NO. The van der Waals surface area contributed by atoms with Crippen LogP contribution in [0.1, 0.15) is 69.8 Å². The Morgan fingerprint density at radius 1 is 1.00 bits per heavy atom. The number of rotatable bonds is 1. The van der Waals surface area contributed by atoms with Gasteiger partial charge in [-0.1, -0.05) is 61.5 Å². The average Bonchev–Trinajstić information content (AvgIpc) is 3.28. The molecule has 160 valence electrons. The standard InChI is InChI=1S/C29H33NO/c1-27-13-12-23-17-22-8-9-24(30)18-28(22)14-15-29(23,31-28)26(27)11-10-25(27)21-7-6-19-4-2-3-5-20(19)16-21/h2-7,12,16-17,24-26H,8-11,13-15,18,30H2,1H3/t24-,25?,26-,27-,28-,29?/m1/s1. The van der Waals surface area contributed by atoms with Crippen LogP contribution in [0.3, 0.4) is 0 Å². The van der Waals surface area contributed by atoms with Gasteiger partial charge in [0, 0.05) is 6.04 Å². The van der Waals surface area contributed by atoms with Gasteiger partial charge in [-0.25, -0.2) is 0 Å². The SMILES string of the molecule is C[C@]12CC=C3C=C4CC[C@@H](N)C[C@]45CCC3(O5)[C@@H]1CCC2c1ccc2ccccc2c1. The number of hydrogen-bond donors (Lipinski definition) is 1. The van der Waals surface area contributed by atoms with E-state index in [1.165, 1.54) is 47.6 Å². The van der Waals surface area contributed by atoms with Gasteiger partial charge in [0.25, 0.3) is 0 Å². The van der Waals surface area contributed by atoms with Gasteiger partial charge in [-0.15, -0.1) is 0 Å². The predicted molar refractivity (Wildman–Crippen MR) is 126 cm³/mol. The Labute approximate surface area is 185 Å². The van der Waals surface area contributed by atoms with E-state index in [2.05, 4.69) is 61.5 Å². The largest absolute Gasteiger partial charge is 0.359 e. The number of benzene rings is 2. The van der Waals surface area contributed by atoms with E-state index in [0.717, 1.165) is 25.7 Å². The second-order valence-corrected chi connectivity index (χ2v) is 11.3. The van der Waals surface area contributed by atoms with Crippen molar-refractivity contribution in [1.29, 1.82) is 0 Å². The summed E-state index contributed by atoms with van der Waals surface area (Å²) in [6, 6.07) is 16.2. The first-order valence-electron chi connectivity index (χ1n) is 12.4. The zero-order chi connectivity index (χ0) is 20.8. The third kappa shape index (κ3) is 2.36. The molecule has 2 aromatic carbocycles. The number of nitrogens with two attached hydrogens (primary N) is 1. The van der Waals surface area contributed by atoms with Crippen molar-refractivity contribution in [2.75, 3.05) is 0 Å². The third-order valence-electron chi connectivity index (χ3n) is 9.89. The molecule has 2 bridgehead atoms. The van der Waals surface area contributed by atoms with Gasteiger partial charge >= 0.3 is 0 Å². The topological polar surface area (TPSA) is 35.2 Å². The highest BCUT2D eigenvalue weighted by atomic mass is 16.5. The summed E-state index contributed by atoms with van der Waals surface area (Å²) < 4.78 is 7.27. The minimum atomic E-state index is -0.0703. The Morgan fingerprint density at radius 2 is 1.87 bits per heavy atom. The fourth-order valence-corrected chi connectivity index (χ4v) is 8.42. The smallest absolute Gasteiger partial charge is 0.0974 e. The summed E-state index contributed by atoms with van der Waals surface area (Å²) in [5.74, 6) is 1.21. The Morgan fingerprint density at radius 3 is 2.77 bits per heavy atom. The van der Waals surface area contributed by atoms with E-state index >= 15 is 0 Å². The summed E-state index contributed by atoms with van der Waals surface area (Å²) in [6.45, 7) is 2.56. The van der Waals surface area contributed by atoms with Crippen LogP contribution in [-0.4, -0.2) is 17.2 Å². The summed E-state index contributed by atoms with van der Waals surface area (Å²) in [5, 5.41) is 2.71. The average molecular weight is 412 g/mol. The van der Waals surface area contributed by atoms with E-state index in [-0.39, 0.29) is 16.6 Å². The molecule has 2 spiro atoms. The predicted octanol–water partition coefficient (Wildman–Crippen LogP) is 6.41. The first-order chi connectivity index (χ1) is 15.0. The van der Waals surface area contributed by atoms with E-state index in [9.17, 15) is 0 Å². The van der Waals surface area contributed by atoms with Gasteiger partial charge in [0.1, 0.15) is 0 Å². The van der Waals surface area contributed by atoms with Crippen molar-refractivity contribution in [3.8, 4) is 0 Å². The fourth-order valence-electron chi connectivity index (χ4n) is 8.42. The first kappa shape index (κ1) is 18.7. The molecule has 2 unspecified atom stereocenters. The minimum absolute atomic E-state index is 0.0612. The van der Waals surface area contributed by atoms with Crippen LogP contribution in [0.4, 0.5) is 0 Å². The van der Waals surface area contributed by atoms with Gasteiger partial charge in [-0.3, -0.25) is 0 Å². The second-order valence-electron chi connectivity index (χ2n) is 11.3. The number of hydrogen-bond acceptors (Lipinski definition) is 2. The van der Waals surface area contributed by atoms with Crippen molar-refractivity contribution in [1.82, 2.24) is 0 Å². The lowest BCUT2D eigenvalue weighted by atomic mass is 9.58. The summed E-state index contributed by atoms with van der Waals surface area (Å²) in [7, 11) is 0. The van der Waals surface area contributed by atoms with Crippen molar-refractivity contribution in [2.45, 2.75) is 81.5 Å². The van der Waals surface area contributed by atoms with Crippen molar-refractivity contribution >= 4 is 10.8 Å². The van der Waals surface area contributed by atoms with E-state index < -0.39 is 0 Å². The van der Waals surface area contributed by atoms with Crippen LogP contribution in [0.25, 0.3) is 10.8 Å². The number of ether oxygens (including phenoxy) is 1. The fraction of sp³-hybridized carbons (Fsp3) is 0.517. The van der Waals surface area contributed by atoms with Crippen LogP contribution < -0.4 is 5.73 Å². The Kier molecular flexibility index (Phi) is 3.68. The first-order valence-corrected chi connectivity index (χ1v) is 12.4. The third-order valence-corrected chi connectivity index (χ3v) is 9.89. The van der Waals surface area contributed by atoms with Gasteiger partial charge in [-0.2, -0.15) is 0 Å². The van der Waals surface area contributed by atoms with Crippen molar-refractivity contribution in [2.24, 2.45) is 17.1 Å². The zero-order valence-electron chi connectivity index (χ0n) is 18.6. The summed E-state index contributed by atoms with van der Waals surface area (Å²) in [4.78, 5) is 0. The normalized spacial score (nSPS) is 43.1. The molecule has 2 saturated carbocycles. The zero-order valence-corrected chi connectivity index (χ0v) is 18.6. The quantitative estimate of drug-likeness (QED) is 0.588. The van der Waals surface area contributed by atoms with Crippen LogP contribution >= 0.6 is 0 Å². The van der Waals surface area contributed by atoms with Gasteiger partial charge in [0.15, 0.2) is 0 Å². The molecule has 0 aromatic heterocycles. The highest BCUT2D eigenvalue weighted by Crippen LogP contribution is 2.69. The molecule has 0 amide bonds. The van der Waals surface area contributed by atoms with Gasteiger partial charge in [-0.05, 0) is 96.1 Å². The maximum absolute atomic E-state index is 7.27. The maximum Gasteiger partial charge on any atom is 0.0974 e. The second kappa shape index (κ2) is 6.11. The van der Waals surface area contributed by atoms with Crippen LogP contribution in [0.2, 0.25) is 0 Å². The molecule has 2 N–H and O–H groups in total. The van der Waals surface area contributed by atoms with E-state index in [0.29, 0.717) is 17.9 Å². The molecule has 31 heavy (non-hydrogen) atoms. The Bertz CT molecular complexity index is 1150. The van der Waals surface area contributed by atoms with Crippen LogP contribution in [-0.2, 0) is 4.74 Å². The molecule has 2 heteroatoms. The lowest BCUT2D eigenvalue weighted by Crippen LogP contribution is -2.54. The van der Waals surface area contributed by atoms with E-state index in [4.69, 9.17) is 10.5 Å². The molecule has 2 aromatic rings. The molecule has 2 aliphatic heterocycles. The van der Waals surface area contributed by atoms with Crippen molar-refractivity contribution < 1.29 is 4.74 Å². The van der Waals surface area contributed by atoms with E-state index in [1.807, 2.05) is 0 Å². The Balaban J connectivity index is 1.31. The molecule has 5 aliphatic rings. The molecular weight excluding hydrogens is 378 g/mol. The number of allylic oxidation sites excluding steroid dienone is 1. The van der Waals surface area contributed by atoms with Crippen molar-refractivity contribution in [3.63, 3.8) is 0 Å². The minimum Gasteiger partial charge on any atom is -0.359 e. The molecule has 3 aliphatic carbocycles. The molecule has 1 saturated heterocycles. The molecule has 2 heterocycles. The highest BCUT2D eigenvalue weighted by Gasteiger charge is 2.66. The van der Waals surface area contributed by atoms with Gasteiger partial charge in [0.05, 0.1) is 11.2 Å². The summed E-state index contributed by atoms with van der Waals surface area (Å²) >= 11 is 0. The monoisotopic (exact) mass is 411 g/mol. The molecule has 2 nitrogen and oxygen atoms in total. The lowest BCUT2D eigenvalue weighted by molar-refractivity contribution is -0.135. The highest BCUT2D eigenvalue weighted by molar-refractivity contribution is 5.83.